The van der Waals surface area contributed by atoms with Gasteiger partial charge in [0.2, 0.25) is 11.7 Å². The summed E-state index contributed by atoms with van der Waals surface area (Å²) in [7, 11) is -3.33. The van der Waals surface area contributed by atoms with Crippen molar-refractivity contribution in [1.29, 1.82) is 0 Å². The fourth-order valence-corrected chi connectivity index (χ4v) is 4.31. The molecule has 0 spiro atoms. The molecule has 0 saturated carbocycles. The molecular weight excluding hydrogens is 344 g/mol. The highest BCUT2D eigenvalue weighted by Crippen LogP contribution is 2.26. The fourth-order valence-electron chi connectivity index (χ4n) is 2.36. The van der Waals surface area contributed by atoms with Crippen molar-refractivity contribution in [2.75, 3.05) is 5.75 Å². The Morgan fingerprint density at radius 2 is 1.96 bits per heavy atom. The summed E-state index contributed by atoms with van der Waals surface area (Å²) in [5, 5.41) is 5.00. The third kappa shape index (κ3) is 3.91. The van der Waals surface area contributed by atoms with Gasteiger partial charge < -0.3 is 4.52 Å². The van der Waals surface area contributed by atoms with Gasteiger partial charge in [-0.05, 0) is 36.8 Å². The third-order valence-corrected chi connectivity index (χ3v) is 6.81. The van der Waals surface area contributed by atoms with Gasteiger partial charge in [-0.25, -0.2) is 8.42 Å². The van der Waals surface area contributed by atoms with Gasteiger partial charge >= 0.3 is 0 Å². The highest BCUT2D eigenvalue weighted by atomic mass is 32.2. The lowest BCUT2D eigenvalue weighted by atomic mass is 10.1. The summed E-state index contributed by atoms with van der Waals surface area (Å²) in [5.74, 6) is 0.684. The van der Waals surface area contributed by atoms with Crippen LogP contribution in [0.3, 0.4) is 0 Å². The molecule has 1 aromatic carbocycles. The summed E-state index contributed by atoms with van der Waals surface area (Å²) in [6.07, 6.45) is 1.31. The molecule has 0 N–H and O–H groups in total. The minimum absolute atomic E-state index is 0.0970. The van der Waals surface area contributed by atoms with Crippen molar-refractivity contribution in [1.82, 2.24) is 10.1 Å². The Balaban J connectivity index is 1.64. The Labute approximate surface area is 145 Å². The standard InChI is InChI=1S/C17H18N2O3S2/c1-13(17-18-16(19-22-17)15-10-5-11-23-15)24(20,21)12-6-9-14-7-3-2-4-8-14/h2-5,7-8,10-11,13H,6,9,12H2,1H3/t13-/m0/s1. The van der Waals surface area contributed by atoms with E-state index in [-0.39, 0.29) is 11.6 Å². The molecule has 2 heterocycles. The van der Waals surface area contributed by atoms with Crippen LogP contribution >= 0.6 is 11.3 Å². The van der Waals surface area contributed by atoms with E-state index in [0.717, 1.165) is 16.9 Å². The van der Waals surface area contributed by atoms with Crippen LogP contribution in [-0.2, 0) is 16.3 Å². The van der Waals surface area contributed by atoms with Crippen LogP contribution in [0, 0.1) is 0 Å². The van der Waals surface area contributed by atoms with Crippen LogP contribution in [0.5, 0.6) is 0 Å². The number of thiophene rings is 1. The molecule has 0 amide bonds. The zero-order valence-corrected chi connectivity index (χ0v) is 14.9. The van der Waals surface area contributed by atoms with Gasteiger partial charge in [0, 0.05) is 0 Å². The average molecular weight is 362 g/mol. The molecule has 0 bridgehead atoms. The Hall–Kier alpha value is -1.99. The Kier molecular flexibility index (Phi) is 5.11. The number of hydrogen-bond acceptors (Lipinski definition) is 6. The highest BCUT2D eigenvalue weighted by Gasteiger charge is 2.28. The topological polar surface area (TPSA) is 73.1 Å². The smallest absolute Gasteiger partial charge is 0.245 e. The largest absolute Gasteiger partial charge is 0.338 e. The number of aromatic nitrogens is 2. The maximum absolute atomic E-state index is 12.5. The van der Waals surface area contributed by atoms with Gasteiger partial charge in [-0.15, -0.1) is 11.3 Å². The van der Waals surface area contributed by atoms with Crippen molar-refractivity contribution in [2.24, 2.45) is 0 Å². The number of nitrogens with zero attached hydrogens (tertiary/aromatic N) is 2. The van der Waals surface area contributed by atoms with Crippen molar-refractivity contribution in [2.45, 2.75) is 25.0 Å². The number of rotatable bonds is 7. The average Bonchev–Trinajstić information content (AvgIpc) is 3.26. The predicted octanol–water partition coefficient (Wildman–Crippen LogP) is 3.91. The maximum Gasteiger partial charge on any atom is 0.245 e. The summed E-state index contributed by atoms with van der Waals surface area (Å²) in [4.78, 5) is 5.10. The molecule has 0 aliphatic heterocycles. The summed E-state index contributed by atoms with van der Waals surface area (Å²) in [6.45, 7) is 1.60. The van der Waals surface area contributed by atoms with Gasteiger partial charge in [-0.1, -0.05) is 41.6 Å². The first-order valence-corrected chi connectivity index (χ1v) is 10.3. The van der Waals surface area contributed by atoms with Crippen LogP contribution < -0.4 is 0 Å². The zero-order chi connectivity index (χ0) is 17.0. The Morgan fingerprint density at radius 1 is 1.17 bits per heavy atom. The Bertz CT molecular complexity index is 872. The molecule has 0 fully saturated rings. The van der Waals surface area contributed by atoms with Crippen LogP contribution in [0.4, 0.5) is 0 Å². The first-order valence-electron chi connectivity index (χ1n) is 7.69. The molecule has 126 valence electrons. The molecule has 5 nitrogen and oxygen atoms in total. The van der Waals surface area contributed by atoms with E-state index in [0.29, 0.717) is 12.2 Å². The van der Waals surface area contributed by atoms with Gasteiger partial charge in [-0.3, -0.25) is 0 Å². The van der Waals surface area contributed by atoms with E-state index in [2.05, 4.69) is 10.1 Å². The van der Waals surface area contributed by atoms with Crippen molar-refractivity contribution in [3.8, 4) is 10.7 Å². The molecule has 0 saturated heterocycles. The summed E-state index contributed by atoms with van der Waals surface area (Å²) in [5.41, 5.74) is 1.14. The lowest BCUT2D eigenvalue weighted by molar-refractivity contribution is 0.377. The normalized spacial score (nSPS) is 13.0. The molecule has 2 aromatic heterocycles. The van der Waals surface area contributed by atoms with Crippen molar-refractivity contribution < 1.29 is 12.9 Å². The number of hydrogen-bond donors (Lipinski definition) is 0. The van der Waals surface area contributed by atoms with E-state index >= 15 is 0 Å². The quantitative estimate of drug-likeness (QED) is 0.637. The monoisotopic (exact) mass is 362 g/mol. The minimum atomic E-state index is -3.33. The van der Waals surface area contributed by atoms with Gasteiger partial charge in [0.15, 0.2) is 9.84 Å². The Morgan fingerprint density at radius 3 is 2.67 bits per heavy atom. The van der Waals surface area contributed by atoms with E-state index in [4.69, 9.17) is 4.52 Å². The number of sulfone groups is 1. The second kappa shape index (κ2) is 7.27. The molecule has 0 radical (unpaired) electrons. The lowest BCUT2D eigenvalue weighted by Gasteiger charge is -2.08. The minimum Gasteiger partial charge on any atom is -0.338 e. The molecule has 3 aromatic rings. The van der Waals surface area contributed by atoms with Crippen LogP contribution in [0.25, 0.3) is 10.7 Å². The SMILES string of the molecule is C[C@@H](c1nc(-c2cccs2)no1)S(=O)(=O)CCCc1ccccc1. The van der Waals surface area contributed by atoms with Gasteiger partial charge in [0.1, 0.15) is 5.25 Å². The third-order valence-electron chi connectivity index (χ3n) is 3.81. The van der Waals surface area contributed by atoms with E-state index < -0.39 is 15.1 Å². The molecule has 0 aliphatic rings. The summed E-state index contributed by atoms with van der Waals surface area (Å²) in [6, 6.07) is 13.6. The first-order chi connectivity index (χ1) is 11.6. The molecule has 7 heteroatoms. The van der Waals surface area contributed by atoms with Gasteiger partial charge in [0.05, 0.1) is 10.6 Å². The summed E-state index contributed by atoms with van der Waals surface area (Å²) < 4.78 is 30.2. The molecule has 3 rings (SSSR count). The van der Waals surface area contributed by atoms with E-state index in [1.54, 1.807) is 6.92 Å². The first kappa shape index (κ1) is 16.9. The van der Waals surface area contributed by atoms with Crippen LogP contribution in [0.1, 0.15) is 30.0 Å². The van der Waals surface area contributed by atoms with Crippen LogP contribution in [0.2, 0.25) is 0 Å². The second-order valence-electron chi connectivity index (χ2n) is 5.53. The zero-order valence-electron chi connectivity index (χ0n) is 13.3. The fraction of sp³-hybridized carbons (Fsp3) is 0.294. The van der Waals surface area contributed by atoms with Crippen molar-refractivity contribution in [3.63, 3.8) is 0 Å². The predicted molar refractivity (Wildman–Crippen MR) is 94.6 cm³/mol. The van der Waals surface area contributed by atoms with Gasteiger partial charge in [-0.2, -0.15) is 4.98 Å². The lowest BCUT2D eigenvalue weighted by Crippen LogP contribution is -2.15. The molecule has 1 atom stereocenters. The van der Waals surface area contributed by atoms with Crippen LogP contribution in [0.15, 0.2) is 52.4 Å². The number of aryl methyl sites for hydroxylation is 1. The summed E-state index contributed by atoms with van der Waals surface area (Å²) >= 11 is 1.49. The highest BCUT2D eigenvalue weighted by molar-refractivity contribution is 7.91. The van der Waals surface area contributed by atoms with Crippen molar-refractivity contribution in [3.05, 3.63) is 59.3 Å². The molecule has 24 heavy (non-hydrogen) atoms. The van der Waals surface area contributed by atoms with E-state index in [9.17, 15) is 8.42 Å². The molecular formula is C17H18N2O3S2. The van der Waals surface area contributed by atoms with E-state index in [1.165, 1.54) is 11.3 Å². The second-order valence-corrected chi connectivity index (χ2v) is 8.92. The maximum atomic E-state index is 12.5. The van der Waals surface area contributed by atoms with Gasteiger partial charge in [0.25, 0.3) is 0 Å². The molecule has 0 aliphatic carbocycles. The van der Waals surface area contributed by atoms with E-state index in [1.807, 2.05) is 47.8 Å². The molecule has 0 unspecified atom stereocenters. The number of benzene rings is 1. The van der Waals surface area contributed by atoms with Crippen LogP contribution in [-0.4, -0.2) is 24.3 Å². The van der Waals surface area contributed by atoms with Crippen molar-refractivity contribution >= 4 is 21.2 Å².